The summed E-state index contributed by atoms with van der Waals surface area (Å²) in [7, 11) is 0. The summed E-state index contributed by atoms with van der Waals surface area (Å²) in [5.74, 6) is 0.448. The second-order valence-electron chi connectivity index (χ2n) is 6.02. The standard InChI is InChI=1S/C21H16ClN3S2/c1-13-4-6-15(7-5-13)20-24-18(17-3-2-12-26-17)21(27-20)25-19(23)14-8-10-16(22)11-9-14/h2-12H,1H3,(H2,23,25). The van der Waals surface area contributed by atoms with E-state index in [0.29, 0.717) is 10.9 Å². The van der Waals surface area contributed by atoms with Gasteiger partial charge in [-0.15, -0.1) is 11.3 Å². The molecule has 3 nitrogen and oxygen atoms in total. The second kappa shape index (κ2) is 7.64. The number of hydrogen-bond donors (Lipinski definition) is 1. The SMILES string of the molecule is Cc1ccc(-c2nc(-c3cccs3)c(/N=C(\N)c3ccc(Cl)cc3)s2)cc1. The van der Waals surface area contributed by atoms with E-state index < -0.39 is 0 Å². The van der Waals surface area contributed by atoms with Crippen molar-refractivity contribution in [1.82, 2.24) is 4.98 Å². The van der Waals surface area contributed by atoms with Crippen LogP contribution in [0.15, 0.2) is 71.0 Å². The fourth-order valence-corrected chi connectivity index (χ4v) is 4.45. The van der Waals surface area contributed by atoms with Crippen LogP contribution in [0.4, 0.5) is 5.00 Å². The Balaban J connectivity index is 1.79. The van der Waals surface area contributed by atoms with Crippen LogP contribution in [0.1, 0.15) is 11.1 Å². The van der Waals surface area contributed by atoms with E-state index in [1.807, 2.05) is 35.7 Å². The van der Waals surface area contributed by atoms with Crippen LogP contribution in [0, 0.1) is 6.92 Å². The van der Waals surface area contributed by atoms with E-state index in [-0.39, 0.29) is 0 Å². The van der Waals surface area contributed by atoms with E-state index in [9.17, 15) is 0 Å². The summed E-state index contributed by atoms with van der Waals surface area (Å²) < 4.78 is 0. The molecule has 0 bridgehead atoms. The van der Waals surface area contributed by atoms with E-state index in [1.165, 1.54) is 5.56 Å². The highest BCUT2D eigenvalue weighted by molar-refractivity contribution is 7.20. The minimum Gasteiger partial charge on any atom is -0.383 e. The molecule has 0 unspecified atom stereocenters. The molecule has 0 amide bonds. The maximum Gasteiger partial charge on any atom is 0.147 e. The van der Waals surface area contributed by atoms with Gasteiger partial charge in [0, 0.05) is 16.1 Å². The molecule has 2 aromatic carbocycles. The van der Waals surface area contributed by atoms with Gasteiger partial charge >= 0.3 is 0 Å². The minimum atomic E-state index is 0.448. The molecule has 27 heavy (non-hydrogen) atoms. The van der Waals surface area contributed by atoms with E-state index in [1.54, 1.807) is 22.7 Å². The number of nitrogens with two attached hydrogens (primary N) is 1. The molecule has 0 aliphatic heterocycles. The van der Waals surface area contributed by atoms with Gasteiger partial charge in [-0.1, -0.05) is 58.8 Å². The fraction of sp³-hybridized carbons (Fsp3) is 0.0476. The molecule has 2 N–H and O–H groups in total. The van der Waals surface area contributed by atoms with E-state index >= 15 is 0 Å². The Hall–Kier alpha value is -2.47. The second-order valence-corrected chi connectivity index (χ2v) is 8.38. The van der Waals surface area contributed by atoms with Gasteiger partial charge in [0.2, 0.25) is 0 Å². The molecule has 0 atom stereocenters. The third-order valence-electron chi connectivity index (χ3n) is 4.02. The fourth-order valence-electron chi connectivity index (χ4n) is 2.58. The third kappa shape index (κ3) is 3.95. The van der Waals surface area contributed by atoms with Gasteiger partial charge in [-0.25, -0.2) is 9.98 Å². The summed E-state index contributed by atoms with van der Waals surface area (Å²) >= 11 is 9.15. The topological polar surface area (TPSA) is 51.3 Å². The summed E-state index contributed by atoms with van der Waals surface area (Å²) in [5, 5.41) is 4.45. The Kier molecular flexibility index (Phi) is 5.07. The third-order valence-corrected chi connectivity index (χ3v) is 6.15. The predicted molar refractivity (Wildman–Crippen MR) is 117 cm³/mol. The van der Waals surface area contributed by atoms with Crippen LogP contribution < -0.4 is 5.73 Å². The zero-order valence-electron chi connectivity index (χ0n) is 14.5. The van der Waals surface area contributed by atoms with Crippen molar-refractivity contribution in [2.75, 3.05) is 0 Å². The summed E-state index contributed by atoms with van der Waals surface area (Å²) in [6.07, 6.45) is 0. The quantitative estimate of drug-likeness (QED) is 0.307. The van der Waals surface area contributed by atoms with Crippen molar-refractivity contribution in [3.63, 3.8) is 0 Å². The Morgan fingerprint density at radius 1 is 1.04 bits per heavy atom. The zero-order valence-corrected chi connectivity index (χ0v) is 16.9. The maximum atomic E-state index is 6.26. The average Bonchev–Trinajstić information content (AvgIpc) is 3.32. The highest BCUT2D eigenvalue weighted by atomic mass is 35.5. The molecule has 0 fully saturated rings. The van der Waals surface area contributed by atoms with E-state index in [0.717, 1.165) is 31.7 Å². The van der Waals surface area contributed by atoms with Gasteiger partial charge < -0.3 is 5.73 Å². The van der Waals surface area contributed by atoms with Crippen LogP contribution in [-0.2, 0) is 0 Å². The number of thiazole rings is 1. The first kappa shape index (κ1) is 17.9. The smallest absolute Gasteiger partial charge is 0.147 e. The molecule has 0 aliphatic carbocycles. The number of halogens is 1. The van der Waals surface area contributed by atoms with Crippen LogP contribution in [0.25, 0.3) is 21.1 Å². The van der Waals surface area contributed by atoms with Crippen molar-refractivity contribution < 1.29 is 0 Å². The highest BCUT2D eigenvalue weighted by Crippen LogP contribution is 2.41. The van der Waals surface area contributed by atoms with Gasteiger partial charge in [0.25, 0.3) is 0 Å². The van der Waals surface area contributed by atoms with Gasteiger partial charge in [0.15, 0.2) is 0 Å². The molecule has 4 rings (SSSR count). The van der Waals surface area contributed by atoms with Crippen LogP contribution in [0.5, 0.6) is 0 Å². The Labute approximate surface area is 170 Å². The molecule has 0 aliphatic rings. The van der Waals surface area contributed by atoms with Crippen LogP contribution in [-0.4, -0.2) is 10.8 Å². The number of aliphatic imine (C=N–C) groups is 1. The largest absolute Gasteiger partial charge is 0.383 e. The average molecular weight is 410 g/mol. The number of thiophene rings is 1. The van der Waals surface area contributed by atoms with Crippen molar-refractivity contribution in [3.8, 4) is 21.1 Å². The predicted octanol–water partition coefficient (Wildman–Crippen LogP) is 6.54. The lowest BCUT2D eigenvalue weighted by molar-refractivity contribution is 1.39. The summed E-state index contributed by atoms with van der Waals surface area (Å²) in [6, 6.07) is 19.8. The molecule has 4 aromatic rings. The lowest BCUT2D eigenvalue weighted by Crippen LogP contribution is -2.12. The number of hydrogen-bond acceptors (Lipinski definition) is 4. The molecule has 134 valence electrons. The Morgan fingerprint density at radius 2 is 1.78 bits per heavy atom. The summed E-state index contributed by atoms with van der Waals surface area (Å²) in [4.78, 5) is 10.6. The van der Waals surface area contributed by atoms with Crippen molar-refractivity contribution in [2.24, 2.45) is 10.7 Å². The van der Waals surface area contributed by atoms with Crippen molar-refractivity contribution in [2.45, 2.75) is 6.92 Å². The zero-order chi connectivity index (χ0) is 18.8. The molecule has 0 spiro atoms. The molecular formula is C21H16ClN3S2. The van der Waals surface area contributed by atoms with E-state index in [2.05, 4.69) is 37.3 Å². The number of aromatic nitrogens is 1. The van der Waals surface area contributed by atoms with Gasteiger partial charge in [0.05, 0.1) is 4.88 Å². The Morgan fingerprint density at radius 3 is 2.44 bits per heavy atom. The molecule has 6 heteroatoms. The van der Waals surface area contributed by atoms with E-state index in [4.69, 9.17) is 27.3 Å². The van der Waals surface area contributed by atoms with Gasteiger partial charge in [0.1, 0.15) is 21.5 Å². The number of amidine groups is 1. The minimum absolute atomic E-state index is 0.448. The van der Waals surface area contributed by atoms with Gasteiger partial charge in [-0.3, -0.25) is 0 Å². The van der Waals surface area contributed by atoms with Crippen molar-refractivity contribution in [1.29, 1.82) is 0 Å². The monoisotopic (exact) mass is 409 g/mol. The van der Waals surface area contributed by atoms with Crippen LogP contribution >= 0.6 is 34.3 Å². The normalized spacial score (nSPS) is 11.7. The molecule has 0 radical (unpaired) electrons. The summed E-state index contributed by atoms with van der Waals surface area (Å²) in [5.41, 5.74) is 10.3. The first-order chi connectivity index (χ1) is 13.1. The first-order valence-electron chi connectivity index (χ1n) is 8.32. The lowest BCUT2D eigenvalue weighted by atomic mass is 10.2. The molecular weight excluding hydrogens is 394 g/mol. The van der Waals surface area contributed by atoms with Crippen LogP contribution in [0.3, 0.4) is 0 Å². The number of nitrogens with zero attached hydrogens (tertiary/aromatic N) is 2. The number of benzene rings is 2. The van der Waals surface area contributed by atoms with Crippen LogP contribution in [0.2, 0.25) is 5.02 Å². The highest BCUT2D eigenvalue weighted by Gasteiger charge is 2.15. The lowest BCUT2D eigenvalue weighted by Gasteiger charge is -2.01. The Bertz CT molecular complexity index is 1080. The van der Waals surface area contributed by atoms with Crippen molar-refractivity contribution in [3.05, 3.63) is 82.2 Å². The molecule has 2 heterocycles. The maximum absolute atomic E-state index is 6.26. The summed E-state index contributed by atoms with van der Waals surface area (Å²) in [6.45, 7) is 2.07. The van der Waals surface area contributed by atoms with Crippen molar-refractivity contribution >= 4 is 45.1 Å². The number of rotatable bonds is 4. The molecule has 0 saturated carbocycles. The van der Waals surface area contributed by atoms with Gasteiger partial charge in [-0.05, 0) is 42.6 Å². The number of aryl methyl sites for hydroxylation is 1. The molecule has 0 saturated heterocycles. The van der Waals surface area contributed by atoms with Gasteiger partial charge in [-0.2, -0.15) is 0 Å². The first-order valence-corrected chi connectivity index (χ1v) is 10.4. The molecule has 2 aromatic heterocycles.